The number of hydrogen-bond acceptors (Lipinski definition) is 5. The molecule has 26 heavy (non-hydrogen) atoms. The van der Waals surface area contributed by atoms with Crippen molar-refractivity contribution in [3.05, 3.63) is 23.8 Å². The molecule has 0 aliphatic heterocycles. The SMILES string of the molecule is CCN(CC)CCOc1cc(OC)ccc1CCNC(=O)CCC(=O)O. The maximum atomic E-state index is 11.6. The molecule has 0 fully saturated rings. The molecule has 0 unspecified atom stereocenters. The highest BCUT2D eigenvalue weighted by atomic mass is 16.5. The Morgan fingerprint density at radius 1 is 1.19 bits per heavy atom. The van der Waals surface area contributed by atoms with Crippen molar-refractivity contribution in [2.45, 2.75) is 33.1 Å². The average Bonchev–Trinajstić information content (AvgIpc) is 2.64. The molecule has 146 valence electrons. The zero-order chi connectivity index (χ0) is 19.4. The summed E-state index contributed by atoms with van der Waals surface area (Å²) in [7, 11) is 1.61. The van der Waals surface area contributed by atoms with Crippen LogP contribution in [-0.4, -0.2) is 61.8 Å². The quantitative estimate of drug-likeness (QED) is 0.555. The molecule has 0 aliphatic rings. The van der Waals surface area contributed by atoms with Crippen LogP contribution >= 0.6 is 0 Å². The summed E-state index contributed by atoms with van der Waals surface area (Å²) < 4.78 is 11.2. The van der Waals surface area contributed by atoms with Gasteiger partial charge in [0.2, 0.25) is 5.91 Å². The van der Waals surface area contributed by atoms with Gasteiger partial charge in [-0.15, -0.1) is 0 Å². The van der Waals surface area contributed by atoms with E-state index in [1.807, 2.05) is 18.2 Å². The highest BCUT2D eigenvalue weighted by molar-refractivity contribution is 5.80. The van der Waals surface area contributed by atoms with Gasteiger partial charge in [0.05, 0.1) is 13.5 Å². The van der Waals surface area contributed by atoms with Gasteiger partial charge in [0, 0.05) is 25.6 Å². The first-order valence-electron chi connectivity index (χ1n) is 9.00. The molecule has 0 aromatic heterocycles. The number of carboxylic acids is 1. The lowest BCUT2D eigenvalue weighted by atomic mass is 10.1. The summed E-state index contributed by atoms with van der Waals surface area (Å²) in [4.78, 5) is 24.4. The molecule has 2 N–H and O–H groups in total. The van der Waals surface area contributed by atoms with Gasteiger partial charge >= 0.3 is 5.97 Å². The molecule has 0 atom stereocenters. The molecule has 0 spiro atoms. The molecule has 0 heterocycles. The number of amides is 1. The number of aliphatic carboxylic acids is 1. The molecule has 0 aliphatic carbocycles. The Morgan fingerprint density at radius 2 is 1.92 bits per heavy atom. The minimum Gasteiger partial charge on any atom is -0.497 e. The number of hydrogen-bond donors (Lipinski definition) is 2. The monoisotopic (exact) mass is 366 g/mol. The first-order valence-corrected chi connectivity index (χ1v) is 9.00. The summed E-state index contributed by atoms with van der Waals surface area (Å²) >= 11 is 0. The fourth-order valence-electron chi connectivity index (χ4n) is 2.47. The predicted octanol–water partition coefficient (Wildman–Crippen LogP) is 1.94. The topological polar surface area (TPSA) is 88.1 Å². The van der Waals surface area contributed by atoms with Gasteiger partial charge in [0.1, 0.15) is 18.1 Å². The Bertz CT molecular complexity index is 573. The van der Waals surface area contributed by atoms with Crippen LogP contribution in [0.2, 0.25) is 0 Å². The van der Waals surface area contributed by atoms with E-state index in [4.69, 9.17) is 14.6 Å². The summed E-state index contributed by atoms with van der Waals surface area (Å²) in [6.45, 7) is 8.04. The summed E-state index contributed by atoms with van der Waals surface area (Å²) in [6.07, 6.45) is 0.433. The minimum absolute atomic E-state index is 0.00876. The minimum atomic E-state index is -0.973. The van der Waals surface area contributed by atoms with Crippen molar-refractivity contribution in [1.29, 1.82) is 0 Å². The number of rotatable bonds is 13. The Kier molecular flexibility index (Phi) is 10.2. The van der Waals surface area contributed by atoms with Crippen molar-refractivity contribution in [2.24, 2.45) is 0 Å². The Hall–Kier alpha value is -2.28. The second-order valence-corrected chi connectivity index (χ2v) is 5.84. The highest BCUT2D eigenvalue weighted by Crippen LogP contribution is 2.25. The van der Waals surface area contributed by atoms with Crippen LogP contribution < -0.4 is 14.8 Å². The number of carbonyl (C=O) groups is 2. The van der Waals surface area contributed by atoms with Crippen LogP contribution in [0.1, 0.15) is 32.3 Å². The van der Waals surface area contributed by atoms with E-state index < -0.39 is 5.97 Å². The lowest BCUT2D eigenvalue weighted by Gasteiger charge is -2.19. The van der Waals surface area contributed by atoms with Crippen molar-refractivity contribution >= 4 is 11.9 Å². The van der Waals surface area contributed by atoms with Crippen LogP contribution in [0.5, 0.6) is 11.5 Å². The van der Waals surface area contributed by atoms with Crippen LogP contribution in [-0.2, 0) is 16.0 Å². The number of likely N-dealkylation sites (N-methyl/N-ethyl adjacent to an activating group) is 1. The maximum Gasteiger partial charge on any atom is 0.303 e. The van der Waals surface area contributed by atoms with Gasteiger partial charge in [0.25, 0.3) is 0 Å². The number of carbonyl (C=O) groups excluding carboxylic acids is 1. The second kappa shape index (κ2) is 12.1. The molecule has 1 aromatic rings. The fraction of sp³-hybridized carbons (Fsp3) is 0.579. The summed E-state index contributed by atoms with van der Waals surface area (Å²) in [5.74, 6) is 0.234. The predicted molar refractivity (Wildman–Crippen MR) is 99.9 cm³/mol. The Labute approximate surface area is 155 Å². The van der Waals surface area contributed by atoms with Crippen LogP contribution in [0.3, 0.4) is 0 Å². The van der Waals surface area contributed by atoms with Crippen molar-refractivity contribution in [2.75, 3.05) is 39.9 Å². The van der Waals surface area contributed by atoms with Crippen LogP contribution in [0.25, 0.3) is 0 Å². The Morgan fingerprint density at radius 3 is 2.54 bits per heavy atom. The van der Waals surface area contributed by atoms with Gasteiger partial charge in [-0.3, -0.25) is 9.59 Å². The van der Waals surface area contributed by atoms with Gasteiger partial charge in [-0.2, -0.15) is 0 Å². The van der Waals surface area contributed by atoms with Crippen LogP contribution in [0.4, 0.5) is 0 Å². The van der Waals surface area contributed by atoms with Crippen molar-refractivity contribution in [3.8, 4) is 11.5 Å². The van der Waals surface area contributed by atoms with E-state index in [0.29, 0.717) is 19.6 Å². The van der Waals surface area contributed by atoms with Crippen molar-refractivity contribution < 1.29 is 24.2 Å². The molecule has 0 bridgehead atoms. The molecular weight excluding hydrogens is 336 g/mol. The highest BCUT2D eigenvalue weighted by Gasteiger charge is 2.09. The summed E-state index contributed by atoms with van der Waals surface area (Å²) in [5.41, 5.74) is 0.976. The molecule has 1 aromatic carbocycles. The molecule has 1 rings (SSSR count). The zero-order valence-electron chi connectivity index (χ0n) is 15.9. The second-order valence-electron chi connectivity index (χ2n) is 5.84. The lowest BCUT2D eigenvalue weighted by molar-refractivity contribution is -0.138. The first kappa shape index (κ1) is 21.8. The number of carboxylic acid groups (broad SMARTS) is 1. The lowest BCUT2D eigenvalue weighted by Crippen LogP contribution is -2.28. The van der Waals surface area contributed by atoms with Gasteiger partial charge in [-0.05, 0) is 31.1 Å². The van der Waals surface area contributed by atoms with E-state index in [0.717, 1.165) is 36.7 Å². The molecule has 0 saturated heterocycles. The van der Waals surface area contributed by atoms with E-state index in [2.05, 4.69) is 24.1 Å². The third-order valence-corrected chi connectivity index (χ3v) is 4.12. The van der Waals surface area contributed by atoms with E-state index in [9.17, 15) is 9.59 Å². The third kappa shape index (κ3) is 8.20. The number of methoxy groups -OCH3 is 1. The first-order chi connectivity index (χ1) is 12.5. The standard InChI is InChI=1S/C19H30N2O5/c1-4-21(5-2)12-13-26-17-14-16(25-3)7-6-15(17)10-11-20-18(22)8-9-19(23)24/h6-7,14H,4-5,8-13H2,1-3H3,(H,20,22)(H,23,24). The third-order valence-electron chi connectivity index (χ3n) is 4.12. The number of nitrogens with zero attached hydrogens (tertiary/aromatic N) is 1. The van der Waals surface area contributed by atoms with Crippen molar-refractivity contribution in [1.82, 2.24) is 10.2 Å². The molecule has 0 radical (unpaired) electrons. The fourth-order valence-corrected chi connectivity index (χ4v) is 2.47. The van der Waals surface area contributed by atoms with Gasteiger partial charge in [0.15, 0.2) is 0 Å². The van der Waals surface area contributed by atoms with Gasteiger partial charge in [-0.25, -0.2) is 0 Å². The van der Waals surface area contributed by atoms with Gasteiger partial charge < -0.3 is 24.8 Å². The molecule has 0 saturated carbocycles. The molecule has 7 heteroatoms. The van der Waals surface area contributed by atoms with Crippen molar-refractivity contribution in [3.63, 3.8) is 0 Å². The normalized spacial score (nSPS) is 10.6. The maximum absolute atomic E-state index is 11.6. The summed E-state index contributed by atoms with van der Waals surface area (Å²) in [6, 6.07) is 5.64. The largest absolute Gasteiger partial charge is 0.497 e. The summed E-state index contributed by atoms with van der Waals surface area (Å²) in [5, 5.41) is 11.3. The smallest absolute Gasteiger partial charge is 0.303 e. The molecule has 1 amide bonds. The van der Waals surface area contributed by atoms with E-state index in [1.54, 1.807) is 7.11 Å². The van der Waals surface area contributed by atoms with E-state index in [1.165, 1.54) is 0 Å². The molecular formula is C19H30N2O5. The van der Waals surface area contributed by atoms with Crippen LogP contribution in [0, 0.1) is 0 Å². The number of nitrogens with one attached hydrogen (secondary N) is 1. The average molecular weight is 366 g/mol. The van der Waals surface area contributed by atoms with E-state index >= 15 is 0 Å². The van der Waals surface area contributed by atoms with E-state index in [-0.39, 0.29) is 18.7 Å². The Balaban J connectivity index is 2.57. The molecule has 7 nitrogen and oxygen atoms in total. The zero-order valence-corrected chi connectivity index (χ0v) is 15.9. The number of benzene rings is 1. The van der Waals surface area contributed by atoms with Gasteiger partial charge in [-0.1, -0.05) is 19.9 Å². The number of ether oxygens (including phenoxy) is 2. The van der Waals surface area contributed by atoms with Crippen LogP contribution in [0.15, 0.2) is 18.2 Å².